The lowest BCUT2D eigenvalue weighted by atomic mass is 9.83. The van der Waals surface area contributed by atoms with Gasteiger partial charge in [-0.3, -0.25) is 0 Å². The average molecular weight is 157 g/mol. The van der Waals surface area contributed by atoms with Gasteiger partial charge in [0.1, 0.15) is 0 Å². The minimum atomic E-state index is 0.362. The van der Waals surface area contributed by atoms with Gasteiger partial charge in [0.25, 0.3) is 0 Å². The number of hydrogen-bond donors (Lipinski definition) is 2. The number of nitrogens with one attached hydrogen (secondary N) is 1. The van der Waals surface area contributed by atoms with Crippen LogP contribution in [-0.4, -0.2) is 24.8 Å². The van der Waals surface area contributed by atoms with Crippen LogP contribution in [0.4, 0.5) is 0 Å². The van der Waals surface area contributed by atoms with Gasteiger partial charge in [0, 0.05) is 6.61 Å². The van der Waals surface area contributed by atoms with Gasteiger partial charge in [-0.05, 0) is 37.8 Å². The Morgan fingerprint density at radius 1 is 1.45 bits per heavy atom. The summed E-state index contributed by atoms with van der Waals surface area (Å²) in [5.74, 6) is 1.57. The van der Waals surface area contributed by atoms with E-state index in [1.807, 2.05) is 0 Å². The van der Waals surface area contributed by atoms with E-state index in [1.54, 1.807) is 0 Å². The van der Waals surface area contributed by atoms with Crippen molar-refractivity contribution < 1.29 is 5.11 Å². The number of aliphatic hydroxyl groups is 1. The van der Waals surface area contributed by atoms with Gasteiger partial charge in [-0.2, -0.15) is 0 Å². The van der Waals surface area contributed by atoms with Crippen molar-refractivity contribution >= 4 is 0 Å². The Morgan fingerprint density at radius 2 is 2.27 bits per heavy atom. The molecule has 0 bridgehead atoms. The quantitative estimate of drug-likeness (QED) is 0.640. The molecule has 0 unspecified atom stereocenters. The van der Waals surface area contributed by atoms with Crippen LogP contribution in [-0.2, 0) is 0 Å². The van der Waals surface area contributed by atoms with E-state index in [0.29, 0.717) is 6.61 Å². The SMILES string of the molecule is CC[C@@H]1CNCC[C@H]1CCO. The van der Waals surface area contributed by atoms with Gasteiger partial charge >= 0.3 is 0 Å². The molecule has 1 rings (SSSR count). The summed E-state index contributed by atoms with van der Waals surface area (Å²) in [5.41, 5.74) is 0. The van der Waals surface area contributed by atoms with Crippen LogP contribution >= 0.6 is 0 Å². The Balaban J connectivity index is 2.31. The normalized spacial score (nSPS) is 32.2. The maximum atomic E-state index is 8.81. The van der Waals surface area contributed by atoms with Crippen LogP contribution in [0.2, 0.25) is 0 Å². The fourth-order valence-electron chi connectivity index (χ4n) is 2.00. The first-order valence-electron chi connectivity index (χ1n) is 4.70. The summed E-state index contributed by atoms with van der Waals surface area (Å²) in [7, 11) is 0. The summed E-state index contributed by atoms with van der Waals surface area (Å²) in [6, 6.07) is 0. The summed E-state index contributed by atoms with van der Waals surface area (Å²) in [4.78, 5) is 0. The predicted octanol–water partition coefficient (Wildman–Crippen LogP) is 1.00. The molecular formula is C9H19NO. The third-order valence-corrected chi connectivity index (χ3v) is 2.79. The summed E-state index contributed by atoms with van der Waals surface area (Å²) >= 11 is 0. The van der Waals surface area contributed by atoms with Gasteiger partial charge in [0.2, 0.25) is 0 Å². The fourth-order valence-corrected chi connectivity index (χ4v) is 2.00. The zero-order valence-corrected chi connectivity index (χ0v) is 7.34. The molecule has 0 radical (unpaired) electrons. The largest absolute Gasteiger partial charge is 0.396 e. The highest BCUT2D eigenvalue weighted by Crippen LogP contribution is 2.24. The van der Waals surface area contributed by atoms with E-state index in [2.05, 4.69) is 12.2 Å². The molecule has 11 heavy (non-hydrogen) atoms. The maximum absolute atomic E-state index is 8.81. The van der Waals surface area contributed by atoms with Gasteiger partial charge in [0.05, 0.1) is 0 Å². The van der Waals surface area contributed by atoms with Crippen LogP contribution in [0.5, 0.6) is 0 Å². The van der Waals surface area contributed by atoms with E-state index in [0.717, 1.165) is 31.3 Å². The van der Waals surface area contributed by atoms with E-state index >= 15 is 0 Å². The third kappa shape index (κ3) is 2.46. The van der Waals surface area contributed by atoms with E-state index in [4.69, 9.17) is 5.11 Å². The zero-order valence-electron chi connectivity index (χ0n) is 7.34. The predicted molar refractivity (Wildman–Crippen MR) is 46.5 cm³/mol. The summed E-state index contributed by atoms with van der Waals surface area (Å²) in [5, 5.41) is 12.2. The Bertz CT molecular complexity index is 104. The number of aliphatic hydroxyl groups excluding tert-OH is 1. The molecular weight excluding hydrogens is 138 g/mol. The molecule has 0 aromatic heterocycles. The summed E-state index contributed by atoms with van der Waals surface area (Å²) in [6.45, 7) is 4.89. The molecule has 2 heteroatoms. The molecule has 1 heterocycles. The first kappa shape index (κ1) is 9.01. The molecule has 66 valence electrons. The maximum Gasteiger partial charge on any atom is 0.0433 e. The standard InChI is InChI=1S/C9H19NO/c1-2-8-7-10-5-3-9(8)4-6-11/h8-11H,2-7H2,1H3/t8-,9+/m1/s1. The first-order chi connectivity index (χ1) is 5.38. The molecule has 1 aliphatic heterocycles. The van der Waals surface area contributed by atoms with E-state index < -0.39 is 0 Å². The Morgan fingerprint density at radius 3 is 2.91 bits per heavy atom. The van der Waals surface area contributed by atoms with Crippen LogP contribution < -0.4 is 5.32 Å². The van der Waals surface area contributed by atoms with Gasteiger partial charge in [-0.15, -0.1) is 0 Å². The van der Waals surface area contributed by atoms with Gasteiger partial charge < -0.3 is 10.4 Å². The second-order valence-electron chi connectivity index (χ2n) is 3.43. The van der Waals surface area contributed by atoms with Crippen LogP contribution in [0, 0.1) is 11.8 Å². The molecule has 2 N–H and O–H groups in total. The molecule has 0 aromatic carbocycles. The Labute approximate surface area is 69.0 Å². The minimum absolute atomic E-state index is 0.362. The van der Waals surface area contributed by atoms with Crippen LogP contribution in [0.25, 0.3) is 0 Å². The molecule has 1 fully saturated rings. The number of piperidine rings is 1. The van der Waals surface area contributed by atoms with Crippen molar-refractivity contribution in [2.75, 3.05) is 19.7 Å². The van der Waals surface area contributed by atoms with E-state index in [-0.39, 0.29) is 0 Å². The van der Waals surface area contributed by atoms with Crippen molar-refractivity contribution in [3.8, 4) is 0 Å². The molecule has 1 aliphatic rings. The topological polar surface area (TPSA) is 32.3 Å². The van der Waals surface area contributed by atoms with Crippen LogP contribution in [0.1, 0.15) is 26.2 Å². The monoisotopic (exact) mass is 157 g/mol. The lowest BCUT2D eigenvalue weighted by Gasteiger charge is -2.30. The zero-order chi connectivity index (χ0) is 8.10. The van der Waals surface area contributed by atoms with Crippen molar-refractivity contribution in [3.63, 3.8) is 0 Å². The van der Waals surface area contributed by atoms with Crippen molar-refractivity contribution in [3.05, 3.63) is 0 Å². The van der Waals surface area contributed by atoms with Crippen LogP contribution in [0.3, 0.4) is 0 Å². The highest BCUT2D eigenvalue weighted by molar-refractivity contribution is 4.76. The van der Waals surface area contributed by atoms with Gasteiger partial charge in [-0.25, -0.2) is 0 Å². The Hall–Kier alpha value is -0.0800. The molecule has 0 amide bonds. The summed E-state index contributed by atoms with van der Waals surface area (Å²) < 4.78 is 0. The van der Waals surface area contributed by atoms with E-state index in [1.165, 1.54) is 12.8 Å². The molecule has 2 atom stereocenters. The van der Waals surface area contributed by atoms with Crippen molar-refractivity contribution in [1.82, 2.24) is 5.32 Å². The average Bonchev–Trinajstić information content (AvgIpc) is 2.06. The first-order valence-corrected chi connectivity index (χ1v) is 4.70. The van der Waals surface area contributed by atoms with Crippen LogP contribution in [0.15, 0.2) is 0 Å². The van der Waals surface area contributed by atoms with Crippen molar-refractivity contribution in [1.29, 1.82) is 0 Å². The Kier molecular flexibility index (Phi) is 3.87. The molecule has 1 saturated heterocycles. The van der Waals surface area contributed by atoms with Gasteiger partial charge in [0.15, 0.2) is 0 Å². The van der Waals surface area contributed by atoms with Crippen molar-refractivity contribution in [2.45, 2.75) is 26.2 Å². The van der Waals surface area contributed by atoms with E-state index in [9.17, 15) is 0 Å². The highest BCUT2D eigenvalue weighted by atomic mass is 16.3. The fraction of sp³-hybridized carbons (Fsp3) is 1.00. The lowest BCUT2D eigenvalue weighted by Crippen LogP contribution is -2.36. The third-order valence-electron chi connectivity index (χ3n) is 2.79. The molecule has 0 aliphatic carbocycles. The molecule has 2 nitrogen and oxygen atoms in total. The summed E-state index contributed by atoms with van der Waals surface area (Å²) in [6.07, 6.45) is 3.50. The highest BCUT2D eigenvalue weighted by Gasteiger charge is 2.22. The van der Waals surface area contributed by atoms with Crippen molar-refractivity contribution in [2.24, 2.45) is 11.8 Å². The number of hydrogen-bond acceptors (Lipinski definition) is 2. The minimum Gasteiger partial charge on any atom is -0.396 e. The van der Waals surface area contributed by atoms with Gasteiger partial charge in [-0.1, -0.05) is 13.3 Å². The smallest absolute Gasteiger partial charge is 0.0433 e. The molecule has 0 spiro atoms. The molecule has 0 aromatic rings. The second-order valence-corrected chi connectivity index (χ2v) is 3.43. The number of rotatable bonds is 3. The lowest BCUT2D eigenvalue weighted by molar-refractivity contribution is 0.182. The second kappa shape index (κ2) is 4.73. The molecule has 0 saturated carbocycles.